The lowest BCUT2D eigenvalue weighted by Crippen LogP contribution is -2.05. The van der Waals surface area contributed by atoms with Gasteiger partial charge in [0.05, 0.1) is 25.6 Å². The summed E-state index contributed by atoms with van der Waals surface area (Å²) in [5.74, 6) is 0.102. The summed E-state index contributed by atoms with van der Waals surface area (Å²) in [5.41, 5.74) is 0.114. The van der Waals surface area contributed by atoms with Crippen LogP contribution in [0.15, 0.2) is 23.1 Å². The average Bonchev–Trinajstić information content (AvgIpc) is 3.05. The zero-order valence-electron chi connectivity index (χ0n) is 10.8. The highest BCUT2D eigenvalue weighted by Gasteiger charge is 2.15. The SMILES string of the molecule is CCCOc1cnn(-c2nc(C(=O)OCC)co2)c1. The summed E-state index contributed by atoms with van der Waals surface area (Å²) in [7, 11) is 0. The van der Waals surface area contributed by atoms with Crippen molar-refractivity contribution in [2.24, 2.45) is 0 Å². The van der Waals surface area contributed by atoms with Crippen LogP contribution in [0.5, 0.6) is 5.75 Å². The molecule has 0 aromatic carbocycles. The van der Waals surface area contributed by atoms with Crippen LogP contribution in [-0.4, -0.2) is 33.9 Å². The monoisotopic (exact) mass is 265 g/mol. The number of ether oxygens (including phenoxy) is 2. The first-order chi connectivity index (χ1) is 9.24. The summed E-state index contributed by atoms with van der Waals surface area (Å²) in [5, 5.41) is 4.04. The third kappa shape index (κ3) is 3.12. The fourth-order valence-electron chi connectivity index (χ4n) is 1.37. The van der Waals surface area contributed by atoms with E-state index in [2.05, 4.69) is 10.1 Å². The van der Waals surface area contributed by atoms with Crippen molar-refractivity contribution in [2.75, 3.05) is 13.2 Å². The summed E-state index contributed by atoms with van der Waals surface area (Å²) in [6.07, 6.45) is 5.35. The number of esters is 1. The number of oxazole rings is 1. The molecule has 19 heavy (non-hydrogen) atoms. The lowest BCUT2D eigenvalue weighted by Gasteiger charge is -1.98. The highest BCUT2D eigenvalue weighted by Crippen LogP contribution is 2.14. The lowest BCUT2D eigenvalue weighted by atomic mass is 10.5. The number of rotatable bonds is 6. The van der Waals surface area contributed by atoms with E-state index in [0.717, 1.165) is 6.42 Å². The maximum absolute atomic E-state index is 11.4. The van der Waals surface area contributed by atoms with Crippen molar-refractivity contribution in [2.45, 2.75) is 20.3 Å². The Morgan fingerprint density at radius 2 is 2.32 bits per heavy atom. The second kappa shape index (κ2) is 6.03. The number of aromatic nitrogens is 3. The molecule has 2 heterocycles. The molecule has 0 aliphatic heterocycles. The molecule has 0 N–H and O–H groups in total. The number of hydrogen-bond donors (Lipinski definition) is 0. The molecule has 0 radical (unpaired) electrons. The molecular formula is C12H15N3O4. The summed E-state index contributed by atoms with van der Waals surface area (Å²) < 4.78 is 16.8. The molecule has 2 rings (SSSR count). The van der Waals surface area contributed by atoms with E-state index < -0.39 is 5.97 Å². The molecule has 102 valence electrons. The molecule has 0 unspecified atom stereocenters. The number of carbonyl (C=O) groups excluding carboxylic acids is 1. The Morgan fingerprint density at radius 1 is 1.47 bits per heavy atom. The maximum atomic E-state index is 11.4. The van der Waals surface area contributed by atoms with E-state index in [4.69, 9.17) is 13.9 Å². The molecule has 2 aromatic heterocycles. The van der Waals surface area contributed by atoms with E-state index in [1.807, 2.05) is 6.92 Å². The van der Waals surface area contributed by atoms with E-state index in [-0.39, 0.29) is 18.3 Å². The first-order valence-electron chi connectivity index (χ1n) is 6.05. The van der Waals surface area contributed by atoms with E-state index >= 15 is 0 Å². The Morgan fingerprint density at radius 3 is 3.05 bits per heavy atom. The van der Waals surface area contributed by atoms with Gasteiger partial charge in [0.2, 0.25) is 0 Å². The van der Waals surface area contributed by atoms with Gasteiger partial charge in [-0.25, -0.2) is 4.79 Å². The molecule has 0 spiro atoms. The molecule has 0 bridgehead atoms. The van der Waals surface area contributed by atoms with Crippen LogP contribution in [0, 0.1) is 0 Å². The average molecular weight is 265 g/mol. The van der Waals surface area contributed by atoms with Gasteiger partial charge >= 0.3 is 12.0 Å². The minimum Gasteiger partial charge on any atom is -0.490 e. The Balaban J connectivity index is 2.09. The van der Waals surface area contributed by atoms with Crippen LogP contribution >= 0.6 is 0 Å². The van der Waals surface area contributed by atoms with Gasteiger partial charge in [0.1, 0.15) is 6.26 Å². The minimum absolute atomic E-state index is 0.114. The summed E-state index contributed by atoms with van der Waals surface area (Å²) >= 11 is 0. The summed E-state index contributed by atoms with van der Waals surface area (Å²) in [6, 6.07) is 0.189. The highest BCUT2D eigenvalue weighted by atomic mass is 16.5. The predicted molar refractivity (Wildman–Crippen MR) is 65.4 cm³/mol. The minimum atomic E-state index is -0.521. The van der Waals surface area contributed by atoms with Crippen molar-refractivity contribution >= 4 is 5.97 Å². The lowest BCUT2D eigenvalue weighted by molar-refractivity contribution is 0.0519. The first kappa shape index (κ1) is 13.1. The van der Waals surface area contributed by atoms with Crippen LogP contribution in [0.25, 0.3) is 6.01 Å². The van der Waals surface area contributed by atoms with Gasteiger partial charge in [-0.2, -0.15) is 14.8 Å². The maximum Gasteiger partial charge on any atom is 0.360 e. The third-order valence-corrected chi connectivity index (χ3v) is 2.20. The van der Waals surface area contributed by atoms with Gasteiger partial charge in [0, 0.05) is 0 Å². The molecule has 0 aliphatic rings. The fraction of sp³-hybridized carbons (Fsp3) is 0.417. The second-order valence-corrected chi connectivity index (χ2v) is 3.70. The Bertz CT molecular complexity index is 547. The molecule has 0 aliphatic carbocycles. The van der Waals surface area contributed by atoms with Crippen molar-refractivity contribution in [3.8, 4) is 11.8 Å². The van der Waals surface area contributed by atoms with Crippen molar-refractivity contribution in [1.82, 2.24) is 14.8 Å². The van der Waals surface area contributed by atoms with Crippen LogP contribution < -0.4 is 4.74 Å². The third-order valence-electron chi connectivity index (χ3n) is 2.20. The van der Waals surface area contributed by atoms with Gasteiger partial charge in [-0.15, -0.1) is 0 Å². The highest BCUT2D eigenvalue weighted by molar-refractivity contribution is 5.86. The van der Waals surface area contributed by atoms with Crippen molar-refractivity contribution in [1.29, 1.82) is 0 Å². The second-order valence-electron chi connectivity index (χ2n) is 3.70. The summed E-state index contributed by atoms with van der Waals surface area (Å²) in [4.78, 5) is 15.4. The Hall–Kier alpha value is -2.31. The van der Waals surface area contributed by atoms with Gasteiger partial charge in [-0.3, -0.25) is 0 Å². The predicted octanol–water partition coefficient (Wildman–Crippen LogP) is 1.83. The van der Waals surface area contributed by atoms with Crippen molar-refractivity contribution in [3.05, 3.63) is 24.4 Å². The van der Waals surface area contributed by atoms with E-state index in [1.165, 1.54) is 10.9 Å². The molecule has 0 saturated heterocycles. The number of hydrogen-bond acceptors (Lipinski definition) is 6. The topological polar surface area (TPSA) is 79.4 Å². The molecular weight excluding hydrogens is 250 g/mol. The Labute approximate surface area is 110 Å². The van der Waals surface area contributed by atoms with Crippen LogP contribution in [0.1, 0.15) is 30.8 Å². The molecule has 0 atom stereocenters. The zero-order chi connectivity index (χ0) is 13.7. The van der Waals surface area contributed by atoms with Crippen LogP contribution in [0.4, 0.5) is 0 Å². The molecule has 0 fully saturated rings. The molecule has 2 aromatic rings. The standard InChI is InChI=1S/C12H15N3O4/c1-3-5-18-9-6-13-15(7-9)12-14-10(8-19-12)11(16)17-4-2/h6-8H,3-5H2,1-2H3. The van der Waals surface area contributed by atoms with Crippen LogP contribution in [-0.2, 0) is 4.74 Å². The van der Waals surface area contributed by atoms with Gasteiger partial charge in [-0.1, -0.05) is 6.92 Å². The van der Waals surface area contributed by atoms with Gasteiger partial charge in [0.15, 0.2) is 11.4 Å². The number of carbonyl (C=O) groups is 1. The van der Waals surface area contributed by atoms with Crippen molar-refractivity contribution < 1.29 is 18.7 Å². The quantitative estimate of drug-likeness (QED) is 0.741. The van der Waals surface area contributed by atoms with Gasteiger partial charge in [0.25, 0.3) is 0 Å². The van der Waals surface area contributed by atoms with E-state index in [0.29, 0.717) is 12.4 Å². The first-order valence-corrected chi connectivity index (χ1v) is 6.05. The molecule has 7 nitrogen and oxygen atoms in total. The molecule has 0 amide bonds. The normalized spacial score (nSPS) is 10.4. The number of nitrogens with zero attached hydrogens (tertiary/aromatic N) is 3. The molecule has 7 heteroatoms. The largest absolute Gasteiger partial charge is 0.490 e. The molecule has 0 saturated carbocycles. The summed E-state index contributed by atoms with van der Waals surface area (Å²) in [6.45, 7) is 4.65. The Kier molecular flexibility index (Phi) is 4.17. The van der Waals surface area contributed by atoms with E-state index in [9.17, 15) is 4.79 Å². The van der Waals surface area contributed by atoms with Gasteiger partial charge in [-0.05, 0) is 13.3 Å². The van der Waals surface area contributed by atoms with E-state index in [1.54, 1.807) is 19.3 Å². The van der Waals surface area contributed by atoms with Crippen molar-refractivity contribution in [3.63, 3.8) is 0 Å². The fourth-order valence-corrected chi connectivity index (χ4v) is 1.37. The van der Waals surface area contributed by atoms with Gasteiger partial charge < -0.3 is 13.9 Å². The zero-order valence-corrected chi connectivity index (χ0v) is 10.8. The van der Waals surface area contributed by atoms with Crippen LogP contribution in [0.2, 0.25) is 0 Å². The smallest absolute Gasteiger partial charge is 0.360 e. The van der Waals surface area contributed by atoms with Crippen LogP contribution in [0.3, 0.4) is 0 Å².